The Bertz CT molecular complexity index is 1990. The summed E-state index contributed by atoms with van der Waals surface area (Å²) in [5.41, 5.74) is 11.2. The number of hydrogen-bond acceptors (Lipinski definition) is 2. The van der Waals surface area contributed by atoms with Crippen molar-refractivity contribution < 1.29 is 0 Å². The molecule has 4 N–H and O–H groups in total. The lowest BCUT2D eigenvalue weighted by molar-refractivity contribution is 1.50. The third kappa shape index (κ3) is 3.77. The van der Waals surface area contributed by atoms with Gasteiger partial charge >= 0.3 is 0 Å². The van der Waals surface area contributed by atoms with E-state index in [2.05, 4.69) is 154 Å². The van der Waals surface area contributed by atoms with E-state index in [-0.39, 0.29) is 0 Å². The molecule has 4 nitrogen and oxygen atoms in total. The van der Waals surface area contributed by atoms with Crippen molar-refractivity contribution in [3.63, 3.8) is 0 Å². The molecule has 8 aromatic rings. The lowest BCUT2D eigenvalue weighted by Crippen LogP contribution is -1.92. The fourth-order valence-corrected chi connectivity index (χ4v) is 5.76. The van der Waals surface area contributed by atoms with E-state index in [1.807, 2.05) is 0 Å². The monoisotopic (exact) mass is 514 g/mol. The van der Waals surface area contributed by atoms with Crippen LogP contribution in [-0.2, 0) is 0 Å². The maximum atomic E-state index is 3.60. The van der Waals surface area contributed by atoms with Crippen LogP contribution in [0.15, 0.2) is 133 Å². The van der Waals surface area contributed by atoms with Crippen molar-refractivity contribution in [3.05, 3.63) is 133 Å². The second kappa shape index (κ2) is 9.07. The minimum Gasteiger partial charge on any atom is -0.354 e. The van der Waals surface area contributed by atoms with E-state index in [0.29, 0.717) is 0 Å². The molecule has 8 rings (SSSR count). The highest BCUT2D eigenvalue weighted by Crippen LogP contribution is 2.34. The number of hydrogen-bond donors (Lipinski definition) is 4. The highest BCUT2D eigenvalue weighted by molar-refractivity contribution is 6.12. The molecule has 0 saturated heterocycles. The molecule has 0 saturated carbocycles. The third-order valence-corrected chi connectivity index (χ3v) is 7.74. The summed E-state index contributed by atoms with van der Waals surface area (Å²) in [6.07, 6.45) is 0. The number of H-pyrrole nitrogens is 2. The van der Waals surface area contributed by atoms with Crippen LogP contribution in [0.4, 0.5) is 22.7 Å². The number of rotatable bonds is 5. The van der Waals surface area contributed by atoms with Crippen molar-refractivity contribution in [2.75, 3.05) is 10.6 Å². The molecular formula is C36H26N4. The van der Waals surface area contributed by atoms with Crippen LogP contribution in [0.5, 0.6) is 0 Å². The summed E-state index contributed by atoms with van der Waals surface area (Å²) in [7, 11) is 0. The Morgan fingerprint density at radius 2 is 0.750 bits per heavy atom. The highest BCUT2D eigenvalue weighted by atomic mass is 14.9. The average molecular weight is 515 g/mol. The second-order valence-corrected chi connectivity index (χ2v) is 10.2. The Balaban J connectivity index is 1.03. The number of para-hydroxylation sites is 4. The van der Waals surface area contributed by atoms with Gasteiger partial charge in [-0.1, -0.05) is 84.9 Å². The molecule has 190 valence electrons. The lowest BCUT2D eigenvalue weighted by Gasteiger charge is -2.11. The van der Waals surface area contributed by atoms with Crippen LogP contribution in [0, 0.1) is 0 Å². The summed E-state index contributed by atoms with van der Waals surface area (Å²) < 4.78 is 0. The van der Waals surface area contributed by atoms with Crippen molar-refractivity contribution in [1.82, 2.24) is 9.97 Å². The van der Waals surface area contributed by atoms with Crippen molar-refractivity contribution in [3.8, 4) is 11.1 Å². The van der Waals surface area contributed by atoms with Crippen LogP contribution in [0.2, 0.25) is 0 Å². The van der Waals surface area contributed by atoms with Gasteiger partial charge in [-0.25, -0.2) is 0 Å². The summed E-state index contributed by atoms with van der Waals surface area (Å²) in [5, 5.41) is 12.1. The number of aromatic nitrogens is 2. The largest absolute Gasteiger partial charge is 0.354 e. The number of benzene rings is 6. The smallest absolute Gasteiger partial charge is 0.0704 e. The summed E-state index contributed by atoms with van der Waals surface area (Å²) in [5.74, 6) is 0. The van der Waals surface area contributed by atoms with Gasteiger partial charge in [-0.3, -0.25) is 0 Å². The standard InChI is InChI=1S/C36H26N4/c1-3-11-31-27(7-1)29-9-5-13-33(35(29)39-31)37-25-19-15-23(16-20-25)24-17-21-26(22-18-24)38-34-14-6-10-30-28-8-2-4-12-32(28)40-36(30)34/h1-22,37-40H. The summed E-state index contributed by atoms with van der Waals surface area (Å²) in [4.78, 5) is 7.15. The van der Waals surface area contributed by atoms with Gasteiger partial charge in [0.25, 0.3) is 0 Å². The molecule has 0 unspecified atom stereocenters. The summed E-state index contributed by atoms with van der Waals surface area (Å²) >= 11 is 0. The van der Waals surface area contributed by atoms with Gasteiger partial charge in [0.1, 0.15) is 0 Å². The predicted octanol–water partition coefficient (Wildman–Crippen LogP) is 10.1. The van der Waals surface area contributed by atoms with Crippen LogP contribution < -0.4 is 10.6 Å². The van der Waals surface area contributed by atoms with Crippen LogP contribution in [0.3, 0.4) is 0 Å². The topological polar surface area (TPSA) is 55.6 Å². The number of nitrogens with one attached hydrogen (secondary N) is 4. The first kappa shape index (κ1) is 22.5. The predicted molar refractivity (Wildman–Crippen MR) is 170 cm³/mol. The van der Waals surface area contributed by atoms with Gasteiger partial charge in [0.2, 0.25) is 0 Å². The Hall–Kier alpha value is -5.48. The Kier molecular flexibility index (Phi) is 5.10. The minimum absolute atomic E-state index is 1.06. The van der Waals surface area contributed by atoms with Gasteiger partial charge in [0.05, 0.1) is 22.4 Å². The first-order chi connectivity index (χ1) is 19.8. The molecule has 0 atom stereocenters. The van der Waals surface area contributed by atoms with Crippen LogP contribution in [0.1, 0.15) is 0 Å². The highest BCUT2D eigenvalue weighted by Gasteiger charge is 2.10. The molecule has 0 amide bonds. The maximum Gasteiger partial charge on any atom is 0.0704 e. The molecule has 0 aliphatic heterocycles. The maximum absolute atomic E-state index is 3.60. The molecule has 4 heteroatoms. The number of anilines is 4. The fourth-order valence-electron chi connectivity index (χ4n) is 5.76. The Morgan fingerprint density at radius 3 is 1.20 bits per heavy atom. The van der Waals surface area contributed by atoms with E-state index in [4.69, 9.17) is 0 Å². The number of fused-ring (bicyclic) bond motifs is 6. The molecule has 0 aliphatic rings. The van der Waals surface area contributed by atoms with Gasteiger partial charge in [-0.2, -0.15) is 0 Å². The molecule has 2 aromatic heterocycles. The van der Waals surface area contributed by atoms with Crippen LogP contribution in [-0.4, -0.2) is 9.97 Å². The van der Waals surface area contributed by atoms with Gasteiger partial charge in [-0.05, 0) is 59.7 Å². The summed E-state index contributed by atoms with van der Waals surface area (Å²) in [6.45, 7) is 0. The molecule has 0 bridgehead atoms. The van der Waals surface area contributed by atoms with Crippen molar-refractivity contribution in [2.24, 2.45) is 0 Å². The van der Waals surface area contributed by atoms with Crippen molar-refractivity contribution in [2.45, 2.75) is 0 Å². The first-order valence-corrected chi connectivity index (χ1v) is 13.5. The van der Waals surface area contributed by atoms with Gasteiger partial charge in [-0.15, -0.1) is 0 Å². The van der Waals surface area contributed by atoms with Crippen LogP contribution in [0.25, 0.3) is 54.7 Å². The first-order valence-electron chi connectivity index (χ1n) is 13.5. The zero-order valence-corrected chi connectivity index (χ0v) is 21.7. The van der Waals surface area contributed by atoms with E-state index in [9.17, 15) is 0 Å². The Labute approximate surface area is 231 Å². The van der Waals surface area contributed by atoms with E-state index in [1.54, 1.807) is 0 Å². The molecule has 40 heavy (non-hydrogen) atoms. The van der Waals surface area contributed by atoms with E-state index >= 15 is 0 Å². The van der Waals surface area contributed by atoms with Crippen LogP contribution >= 0.6 is 0 Å². The van der Waals surface area contributed by atoms with E-state index in [1.165, 1.54) is 32.7 Å². The van der Waals surface area contributed by atoms with E-state index in [0.717, 1.165) is 44.8 Å². The summed E-state index contributed by atoms with van der Waals surface area (Å²) in [6, 6.07) is 46.9. The molecule has 0 aliphatic carbocycles. The minimum atomic E-state index is 1.06. The number of aromatic amines is 2. The zero-order valence-electron chi connectivity index (χ0n) is 21.7. The van der Waals surface area contributed by atoms with Gasteiger partial charge in [0.15, 0.2) is 0 Å². The zero-order chi connectivity index (χ0) is 26.5. The molecule has 0 spiro atoms. The quantitative estimate of drug-likeness (QED) is 0.185. The van der Waals surface area contributed by atoms with E-state index < -0.39 is 0 Å². The van der Waals surface area contributed by atoms with Gasteiger partial charge < -0.3 is 20.6 Å². The second-order valence-electron chi connectivity index (χ2n) is 10.2. The molecular weight excluding hydrogens is 488 g/mol. The molecule has 0 fully saturated rings. The van der Waals surface area contributed by atoms with Gasteiger partial charge in [0, 0.05) is 44.0 Å². The SMILES string of the molecule is c1ccc2c(c1)[nH]c1c(Nc3ccc(-c4ccc(Nc5cccc6c5[nH]c5ccccc56)cc4)cc3)cccc12. The molecule has 2 heterocycles. The Morgan fingerprint density at radius 1 is 0.350 bits per heavy atom. The molecule has 0 radical (unpaired) electrons. The molecule has 6 aromatic carbocycles. The van der Waals surface area contributed by atoms with Crippen molar-refractivity contribution >= 4 is 66.4 Å². The fraction of sp³-hybridized carbons (Fsp3) is 0. The average Bonchev–Trinajstić information content (AvgIpc) is 3.58. The normalized spacial score (nSPS) is 11.5. The van der Waals surface area contributed by atoms with Crippen molar-refractivity contribution in [1.29, 1.82) is 0 Å². The third-order valence-electron chi connectivity index (χ3n) is 7.74. The lowest BCUT2D eigenvalue weighted by atomic mass is 10.0.